The minimum atomic E-state index is -1.11. The van der Waals surface area contributed by atoms with Crippen molar-refractivity contribution >= 4 is 35.1 Å². The Bertz CT molecular complexity index is 699. The van der Waals surface area contributed by atoms with Gasteiger partial charge in [-0.1, -0.05) is 23.4 Å². The Balaban J connectivity index is 2.20. The summed E-state index contributed by atoms with van der Waals surface area (Å²) in [6.45, 7) is 0.0578. The molecule has 0 saturated heterocycles. The number of hydrogen-bond acceptors (Lipinski definition) is 7. The van der Waals surface area contributed by atoms with E-state index in [4.69, 9.17) is 21.8 Å². The number of aliphatic hydroxyl groups is 1. The molecule has 0 spiro atoms. The predicted molar refractivity (Wildman–Crippen MR) is 83.3 cm³/mol. The molecule has 0 bridgehead atoms. The summed E-state index contributed by atoms with van der Waals surface area (Å²) in [6.07, 6.45) is 4.63. The number of aromatic nitrogens is 3. The fourth-order valence-electron chi connectivity index (χ4n) is 1.66. The van der Waals surface area contributed by atoms with E-state index in [1.807, 2.05) is 0 Å². The lowest BCUT2D eigenvalue weighted by molar-refractivity contribution is 0.0697. The lowest BCUT2D eigenvalue weighted by Crippen LogP contribution is -2.10. The van der Waals surface area contributed by atoms with Crippen molar-refractivity contribution in [3.05, 3.63) is 40.3 Å². The van der Waals surface area contributed by atoms with Crippen molar-refractivity contribution in [1.82, 2.24) is 15.0 Å². The standard InChI is InChI=1S/C13H13ClN4O3S/c1-22-13-17-5-8(12(20)21)11(18-13)16-4-7-2-9(14)10(6-19)15-3-7/h2-3,5,19H,4,6H2,1H3,(H,20,21)(H,16,17,18). The van der Waals surface area contributed by atoms with Gasteiger partial charge in [0, 0.05) is 18.9 Å². The average molecular weight is 341 g/mol. The summed E-state index contributed by atoms with van der Waals surface area (Å²) in [5.74, 6) is -0.879. The largest absolute Gasteiger partial charge is 0.477 e. The summed E-state index contributed by atoms with van der Waals surface area (Å²) in [5.41, 5.74) is 1.12. The Hall–Kier alpha value is -1.90. The SMILES string of the molecule is CSc1ncc(C(=O)O)c(NCc2cnc(CO)c(Cl)c2)n1. The zero-order chi connectivity index (χ0) is 16.1. The second-order valence-electron chi connectivity index (χ2n) is 4.21. The number of thioether (sulfide) groups is 1. The fraction of sp³-hybridized carbons (Fsp3) is 0.231. The highest BCUT2D eigenvalue weighted by molar-refractivity contribution is 7.98. The molecule has 0 radical (unpaired) electrons. The summed E-state index contributed by atoms with van der Waals surface area (Å²) >= 11 is 7.28. The van der Waals surface area contributed by atoms with Crippen LogP contribution in [0, 0.1) is 0 Å². The van der Waals surface area contributed by atoms with Gasteiger partial charge in [0.25, 0.3) is 0 Å². The van der Waals surface area contributed by atoms with Gasteiger partial charge < -0.3 is 15.5 Å². The number of aromatic carboxylic acids is 1. The Kier molecular flexibility index (Phi) is 5.53. The van der Waals surface area contributed by atoms with Gasteiger partial charge in [-0.05, 0) is 17.9 Å². The molecular weight excluding hydrogens is 328 g/mol. The van der Waals surface area contributed by atoms with E-state index in [-0.39, 0.29) is 18.0 Å². The van der Waals surface area contributed by atoms with E-state index in [0.29, 0.717) is 22.4 Å². The Morgan fingerprint density at radius 3 is 2.77 bits per heavy atom. The molecule has 0 aliphatic rings. The second kappa shape index (κ2) is 7.39. The third kappa shape index (κ3) is 3.85. The number of halogens is 1. The lowest BCUT2D eigenvalue weighted by atomic mass is 10.2. The van der Waals surface area contributed by atoms with Crippen molar-refractivity contribution in [3.63, 3.8) is 0 Å². The average Bonchev–Trinajstić information content (AvgIpc) is 2.52. The topological polar surface area (TPSA) is 108 Å². The Morgan fingerprint density at radius 1 is 1.41 bits per heavy atom. The first-order valence-electron chi connectivity index (χ1n) is 6.17. The summed E-state index contributed by atoms with van der Waals surface area (Å²) in [7, 11) is 0. The normalized spacial score (nSPS) is 10.5. The van der Waals surface area contributed by atoms with Crippen molar-refractivity contribution < 1.29 is 15.0 Å². The number of carboxylic acid groups (broad SMARTS) is 1. The highest BCUT2D eigenvalue weighted by atomic mass is 35.5. The fourth-order valence-corrected chi connectivity index (χ4v) is 2.25. The van der Waals surface area contributed by atoms with Crippen LogP contribution >= 0.6 is 23.4 Å². The maximum absolute atomic E-state index is 11.2. The Labute approximate surface area is 135 Å². The monoisotopic (exact) mass is 340 g/mol. The number of hydrogen-bond donors (Lipinski definition) is 3. The summed E-state index contributed by atoms with van der Waals surface area (Å²) in [5, 5.41) is 21.9. The molecule has 2 aromatic rings. The Morgan fingerprint density at radius 2 is 2.18 bits per heavy atom. The van der Waals surface area contributed by atoms with Gasteiger partial charge in [0.15, 0.2) is 5.16 Å². The molecule has 22 heavy (non-hydrogen) atoms. The molecule has 116 valence electrons. The van der Waals surface area contributed by atoms with Crippen LogP contribution in [0.5, 0.6) is 0 Å². The van der Waals surface area contributed by atoms with E-state index in [9.17, 15) is 4.79 Å². The van der Waals surface area contributed by atoms with Crippen molar-refractivity contribution in [1.29, 1.82) is 0 Å². The molecule has 0 unspecified atom stereocenters. The molecule has 0 amide bonds. The minimum absolute atomic E-state index is 0.0103. The summed E-state index contributed by atoms with van der Waals surface area (Å²) in [6, 6.07) is 1.66. The van der Waals surface area contributed by atoms with Gasteiger partial charge in [-0.25, -0.2) is 14.8 Å². The number of nitrogens with zero attached hydrogens (tertiary/aromatic N) is 3. The number of anilines is 1. The van der Waals surface area contributed by atoms with Gasteiger partial charge in [0.05, 0.1) is 17.3 Å². The molecule has 0 saturated carbocycles. The van der Waals surface area contributed by atoms with Gasteiger partial charge >= 0.3 is 5.97 Å². The molecule has 0 fully saturated rings. The number of aliphatic hydroxyl groups excluding tert-OH is 1. The van der Waals surface area contributed by atoms with Crippen LogP contribution in [0.15, 0.2) is 23.6 Å². The zero-order valence-electron chi connectivity index (χ0n) is 11.6. The molecule has 0 aromatic carbocycles. The quantitative estimate of drug-likeness (QED) is 0.541. The van der Waals surface area contributed by atoms with Gasteiger partial charge in [-0.2, -0.15) is 0 Å². The smallest absolute Gasteiger partial charge is 0.341 e. The molecule has 3 N–H and O–H groups in total. The summed E-state index contributed by atoms with van der Waals surface area (Å²) < 4.78 is 0. The van der Waals surface area contributed by atoms with E-state index >= 15 is 0 Å². The van der Waals surface area contributed by atoms with Gasteiger partial charge in [-0.3, -0.25) is 4.98 Å². The maximum Gasteiger partial charge on any atom is 0.341 e. The van der Waals surface area contributed by atoms with Crippen LogP contribution in [0.2, 0.25) is 5.02 Å². The second-order valence-corrected chi connectivity index (χ2v) is 5.39. The zero-order valence-corrected chi connectivity index (χ0v) is 13.1. The lowest BCUT2D eigenvalue weighted by Gasteiger charge is -2.10. The molecule has 2 aromatic heterocycles. The molecule has 2 heterocycles. The van der Waals surface area contributed by atoms with E-state index < -0.39 is 5.97 Å². The number of pyridine rings is 1. The van der Waals surface area contributed by atoms with E-state index in [0.717, 1.165) is 5.56 Å². The van der Waals surface area contributed by atoms with Crippen LogP contribution in [0.25, 0.3) is 0 Å². The van der Waals surface area contributed by atoms with E-state index in [2.05, 4.69) is 20.3 Å². The van der Waals surface area contributed by atoms with Crippen LogP contribution in [-0.4, -0.2) is 37.4 Å². The van der Waals surface area contributed by atoms with Crippen molar-refractivity contribution in [2.75, 3.05) is 11.6 Å². The van der Waals surface area contributed by atoms with Crippen LogP contribution in [0.4, 0.5) is 5.82 Å². The van der Waals surface area contributed by atoms with Gasteiger partial charge in [0.2, 0.25) is 0 Å². The third-order valence-corrected chi connectivity index (χ3v) is 3.65. The number of rotatable bonds is 6. The third-order valence-electron chi connectivity index (χ3n) is 2.76. The van der Waals surface area contributed by atoms with Crippen LogP contribution < -0.4 is 5.32 Å². The highest BCUT2D eigenvalue weighted by Gasteiger charge is 2.13. The van der Waals surface area contributed by atoms with Crippen molar-refractivity contribution in [3.8, 4) is 0 Å². The molecule has 0 aliphatic heterocycles. The molecule has 2 rings (SSSR count). The molecule has 9 heteroatoms. The number of nitrogens with one attached hydrogen (secondary N) is 1. The molecule has 7 nitrogen and oxygen atoms in total. The summed E-state index contributed by atoms with van der Waals surface area (Å²) in [4.78, 5) is 23.3. The predicted octanol–water partition coefficient (Wildman–Crippen LogP) is 2.05. The maximum atomic E-state index is 11.2. The van der Waals surface area contributed by atoms with Crippen LogP contribution in [-0.2, 0) is 13.2 Å². The van der Waals surface area contributed by atoms with Crippen LogP contribution in [0.1, 0.15) is 21.6 Å². The van der Waals surface area contributed by atoms with Crippen molar-refractivity contribution in [2.24, 2.45) is 0 Å². The highest BCUT2D eigenvalue weighted by Crippen LogP contribution is 2.19. The van der Waals surface area contributed by atoms with Gasteiger partial charge in [0.1, 0.15) is 11.4 Å². The first-order chi connectivity index (χ1) is 10.5. The number of carboxylic acids is 1. The molecule has 0 atom stereocenters. The van der Waals surface area contributed by atoms with Crippen LogP contribution in [0.3, 0.4) is 0 Å². The van der Waals surface area contributed by atoms with E-state index in [1.165, 1.54) is 18.0 Å². The van der Waals surface area contributed by atoms with E-state index in [1.54, 1.807) is 18.5 Å². The number of carbonyl (C=O) groups is 1. The minimum Gasteiger partial charge on any atom is -0.477 e. The first-order valence-corrected chi connectivity index (χ1v) is 7.77. The van der Waals surface area contributed by atoms with Gasteiger partial charge in [-0.15, -0.1) is 0 Å². The molecular formula is C13H13ClN4O3S. The first kappa shape index (κ1) is 16.5. The molecule has 0 aliphatic carbocycles. The van der Waals surface area contributed by atoms with Crippen molar-refractivity contribution in [2.45, 2.75) is 18.3 Å².